The first-order valence-corrected chi connectivity index (χ1v) is 9.67. The number of nitrogens with zero attached hydrogens (tertiary/aromatic N) is 3. The molecule has 2 aromatic rings. The molecule has 0 bridgehead atoms. The summed E-state index contributed by atoms with van der Waals surface area (Å²) in [6.07, 6.45) is 8.24. The number of hydrogen-bond acceptors (Lipinski definition) is 6. The SMILES string of the molecule is c1ccc(N2CCOCC2)c(Nc2nccc(NC3CCCCC3)n2)c1. The maximum atomic E-state index is 5.47. The van der Waals surface area contributed by atoms with Crippen LogP contribution in [0.1, 0.15) is 32.1 Å². The van der Waals surface area contributed by atoms with Crippen molar-refractivity contribution in [3.63, 3.8) is 0 Å². The molecular weight excluding hydrogens is 326 g/mol. The van der Waals surface area contributed by atoms with Crippen LogP contribution in [-0.4, -0.2) is 42.3 Å². The zero-order valence-corrected chi connectivity index (χ0v) is 15.2. The fraction of sp³-hybridized carbons (Fsp3) is 0.500. The summed E-state index contributed by atoms with van der Waals surface area (Å²) < 4.78 is 5.47. The number of para-hydroxylation sites is 2. The van der Waals surface area contributed by atoms with Gasteiger partial charge in [0, 0.05) is 25.3 Å². The van der Waals surface area contributed by atoms with E-state index in [0.29, 0.717) is 12.0 Å². The van der Waals surface area contributed by atoms with Gasteiger partial charge in [0.1, 0.15) is 5.82 Å². The predicted octanol–water partition coefficient (Wildman–Crippen LogP) is 3.80. The second kappa shape index (κ2) is 8.36. The molecule has 2 fully saturated rings. The van der Waals surface area contributed by atoms with Crippen molar-refractivity contribution < 1.29 is 4.74 Å². The van der Waals surface area contributed by atoms with E-state index >= 15 is 0 Å². The Morgan fingerprint density at radius 3 is 2.65 bits per heavy atom. The third kappa shape index (κ3) is 4.25. The third-order valence-corrected chi connectivity index (χ3v) is 5.12. The molecule has 6 heteroatoms. The molecule has 26 heavy (non-hydrogen) atoms. The van der Waals surface area contributed by atoms with Crippen molar-refractivity contribution in [3.8, 4) is 0 Å². The minimum absolute atomic E-state index is 0.534. The van der Waals surface area contributed by atoms with Crippen LogP contribution in [0.4, 0.5) is 23.1 Å². The van der Waals surface area contributed by atoms with Gasteiger partial charge in [0.2, 0.25) is 5.95 Å². The molecule has 1 aliphatic heterocycles. The van der Waals surface area contributed by atoms with Gasteiger partial charge in [0.05, 0.1) is 24.6 Å². The molecule has 1 saturated heterocycles. The van der Waals surface area contributed by atoms with E-state index in [-0.39, 0.29) is 0 Å². The van der Waals surface area contributed by atoms with E-state index in [1.807, 2.05) is 18.3 Å². The first kappa shape index (κ1) is 17.1. The van der Waals surface area contributed by atoms with E-state index in [1.54, 1.807) is 0 Å². The van der Waals surface area contributed by atoms with Crippen LogP contribution in [0.5, 0.6) is 0 Å². The lowest BCUT2D eigenvalue weighted by molar-refractivity contribution is 0.123. The van der Waals surface area contributed by atoms with Crippen molar-refractivity contribution in [2.45, 2.75) is 38.1 Å². The molecule has 0 unspecified atom stereocenters. The fourth-order valence-electron chi connectivity index (χ4n) is 3.74. The van der Waals surface area contributed by atoms with Gasteiger partial charge < -0.3 is 20.3 Å². The van der Waals surface area contributed by atoms with Gasteiger partial charge in [-0.15, -0.1) is 0 Å². The largest absolute Gasteiger partial charge is 0.378 e. The molecule has 138 valence electrons. The van der Waals surface area contributed by atoms with E-state index in [1.165, 1.54) is 37.8 Å². The first-order chi connectivity index (χ1) is 12.9. The molecule has 2 aliphatic rings. The van der Waals surface area contributed by atoms with Crippen LogP contribution in [0.3, 0.4) is 0 Å². The number of anilines is 4. The van der Waals surface area contributed by atoms with E-state index in [4.69, 9.17) is 4.74 Å². The smallest absolute Gasteiger partial charge is 0.229 e. The average molecular weight is 353 g/mol. The highest BCUT2D eigenvalue weighted by Gasteiger charge is 2.16. The zero-order chi connectivity index (χ0) is 17.6. The van der Waals surface area contributed by atoms with Crippen molar-refractivity contribution in [2.24, 2.45) is 0 Å². The highest BCUT2D eigenvalue weighted by molar-refractivity contribution is 5.73. The summed E-state index contributed by atoms with van der Waals surface area (Å²) in [5.41, 5.74) is 2.20. The standard InChI is InChI=1S/C20H27N5O/c1-2-6-16(7-3-1)22-19-10-11-21-20(24-19)23-17-8-4-5-9-18(17)25-12-14-26-15-13-25/h4-5,8-11,16H,1-3,6-7,12-15H2,(H2,21,22,23,24). The topological polar surface area (TPSA) is 62.3 Å². The summed E-state index contributed by atoms with van der Waals surface area (Å²) in [6, 6.07) is 10.8. The Morgan fingerprint density at radius 1 is 1.00 bits per heavy atom. The Kier molecular flexibility index (Phi) is 5.50. The molecule has 0 amide bonds. The summed E-state index contributed by atoms with van der Waals surface area (Å²) >= 11 is 0. The molecule has 0 radical (unpaired) electrons. The van der Waals surface area contributed by atoms with Crippen molar-refractivity contribution in [1.82, 2.24) is 9.97 Å². The summed E-state index contributed by atoms with van der Waals surface area (Å²) in [4.78, 5) is 11.4. The van der Waals surface area contributed by atoms with E-state index < -0.39 is 0 Å². The van der Waals surface area contributed by atoms with Crippen LogP contribution in [0.25, 0.3) is 0 Å². The molecule has 1 saturated carbocycles. The van der Waals surface area contributed by atoms with E-state index in [2.05, 4.69) is 43.7 Å². The number of nitrogens with one attached hydrogen (secondary N) is 2. The quantitative estimate of drug-likeness (QED) is 0.852. The number of aromatic nitrogens is 2. The van der Waals surface area contributed by atoms with Crippen molar-refractivity contribution >= 4 is 23.1 Å². The van der Waals surface area contributed by atoms with Gasteiger partial charge in [0.25, 0.3) is 0 Å². The van der Waals surface area contributed by atoms with Crippen LogP contribution in [0, 0.1) is 0 Å². The summed E-state index contributed by atoms with van der Waals surface area (Å²) in [6.45, 7) is 3.35. The average Bonchev–Trinajstić information content (AvgIpc) is 2.70. The van der Waals surface area contributed by atoms with Gasteiger partial charge >= 0.3 is 0 Å². The monoisotopic (exact) mass is 353 g/mol. The molecule has 1 aliphatic carbocycles. The Balaban J connectivity index is 1.48. The minimum atomic E-state index is 0.534. The van der Waals surface area contributed by atoms with E-state index in [9.17, 15) is 0 Å². The molecule has 1 aromatic carbocycles. The Bertz CT molecular complexity index is 711. The van der Waals surface area contributed by atoms with Gasteiger partial charge in [-0.2, -0.15) is 4.98 Å². The molecule has 2 N–H and O–H groups in total. The van der Waals surface area contributed by atoms with Crippen molar-refractivity contribution in [2.75, 3.05) is 41.8 Å². The molecule has 4 rings (SSSR count). The van der Waals surface area contributed by atoms with Crippen molar-refractivity contribution in [3.05, 3.63) is 36.5 Å². The highest BCUT2D eigenvalue weighted by atomic mass is 16.5. The number of ether oxygens (including phenoxy) is 1. The number of morpholine rings is 1. The highest BCUT2D eigenvalue weighted by Crippen LogP contribution is 2.28. The van der Waals surface area contributed by atoms with Crippen molar-refractivity contribution in [1.29, 1.82) is 0 Å². The fourth-order valence-corrected chi connectivity index (χ4v) is 3.74. The molecule has 0 atom stereocenters. The third-order valence-electron chi connectivity index (χ3n) is 5.12. The van der Waals surface area contributed by atoms with Gasteiger partial charge in [-0.1, -0.05) is 31.4 Å². The predicted molar refractivity (Wildman–Crippen MR) is 105 cm³/mol. The second-order valence-corrected chi connectivity index (χ2v) is 6.99. The Morgan fingerprint density at radius 2 is 1.81 bits per heavy atom. The van der Waals surface area contributed by atoms with Gasteiger partial charge in [-0.25, -0.2) is 4.98 Å². The number of hydrogen-bond donors (Lipinski definition) is 2. The van der Waals surface area contributed by atoms with Crippen LogP contribution in [0.15, 0.2) is 36.5 Å². The van der Waals surface area contributed by atoms with Crippen LogP contribution in [0.2, 0.25) is 0 Å². The molecule has 6 nitrogen and oxygen atoms in total. The lowest BCUT2D eigenvalue weighted by Gasteiger charge is -2.30. The number of rotatable bonds is 5. The Labute approximate surface area is 155 Å². The van der Waals surface area contributed by atoms with Gasteiger partial charge in [-0.05, 0) is 31.0 Å². The maximum Gasteiger partial charge on any atom is 0.229 e. The summed E-state index contributed by atoms with van der Waals surface area (Å²) in [5.74, 6) is 1.53. The van der Waals surface area contributed by atoms with Gasteiger partial charge in [-0.3, -0.25) is 0 Å². The van der Waals surface area contributed by atoms with Crippen LogP contribution in [-0.2, 0) is 4.74 Å². The summed E-state index contributed by atoms with van der Waals surface area (Å²) in [7, 11) is 0. The summed E-state index contributed by atoms with van der Waals surface area (Å²) in [5, 5.41) is 6.97. The maximum absolute atomic E-state index is 5.47. The Hall–Kier alpha value is -2.34. The zero-order valence-electron chi connectivity index (χ0n) is 15.2. The lowest BCUT2D eigenvalue weighted by Crippen LogP contribution is -2.36. The molecule has 2 heterocycles. The normalized spacial score (nSPS) is 18.5. The second-order valence-electron chi connectivity index (χ2n) is 6.99. The van der Waals surface area contributed by atoms with E-state index in [0.717, 1.165) is 37.8 Å². The van der Waals surface area contributed by atoms with Crippen LogP contribution >= 0.6 is 0 Å². The first-order valence-electron chi connectivity index (χ1n) is 9.67. The van der Waals surface area contributed by atoms with Crippen LogP contribution < -0.4 is 15.5 Å². The minimum Gasteiger partial charge on any atom is -0.378 e. The number of benzene rings is 1. The molecule has 0 spiro atoms. The van der Waals surface area contributed by atoms with Gasteiger partial charge in [0.15, 0.2) is 0 Å². The lowest BCUT2D eigenvalue weighted by atomic mass is 9.95. The molecule has 1 aromatic heterocycles. The molecular formula is C20H27N5O.